The van der Waals surface area contributed by atoms with Gasteiger partial charge in [0, 0.05) is 18.7 Å². The van der Waals surface area contributed by atoms with Crippen LogP contribution in [-0.2, 0) is 15.7 Å². The molecule has 0 N–H and O–H groups in total. The van der Waals surface area contributed by atoms with Gasteiger partial charge in [0.25, 0.3) is 0 Å². The summed E-state index contributed by atoms with van der Waals surface area (Å²) in [6, 6.07) is 13.7. The van der Waals surface area contributed by atoms with E-state index in [-0.39, 0.29) is 17.9 Å². The number of nitrogens with zero attached hydrogens (tertiary/aromatic N) is 1. The van der Waals surface area contributed by atoms with E-state index in [1.165, 1.54) is 5.56 Å². The van der Waals surface area contributed by atoms with E-state index in [0.29, 0.717) is 25.4 Å². The van der Waals surface area contributed by atoms with Crippen molar-refractivity contribution in [3.05, 3.63) is 65.2 Å². The normalized spacial score (nSPS) is 19.5. The quantitative estimate of drug-likeness (QED) is 0.473. The molecular formula is C25H30F3NO2. The number of carbonyl (C=O) groups is 1. The molecule has 2 atom stereocenters. The van der Waals surface area contributed by atoms with Crippen molar-refractivity contribution in [1.82, 2.24) is 0 Å². The highest BCUT2D eigenvalue weighted by atomic mass is 19.4. The lowest BCUT2D eigenvalue weighted by atomic mass is 9.84. The van der Waals surface area contributed by atoms with Gasteiger partial charge in [-0.2, -0.15) is 13.2 Å². The Kier molecular flexibility index (Phi) is 7.29. The van der Waals surface area contributed by atoms with Crippen LogP contribution in [0.3, 0.4) is 0 Å². The molecule has 0 bridgehead atoms. The Hall–Kier alpha value is -2.50. The van der Waals surface area contributed by atoms with Crippen molar-refractivity contribution in [2.24, 2.45) is 5.92 Å². The molecule has 2 aromatic carbocycles. The fraction of sp³-hybridized carbons (Fsp3) is 0.480. The second-order valence-corrected chi connectivity index (χ2v) is 8.47. The monoisotopic (exact) mass is 433 g/mol. The summed E-state index contributed by atoms with van der Waals surface area (Å²) >= 11 is 0. The van der Waals surface area contributed by atoms with Crippen molar-refractivity contribution in [2.45, 2.75) is 58.2 Å². The van der Waals surface area contributed by atoms with E-state index >= 15 is 0 Å². The molecule has 0 amide bonds. The predicted octanol–water partition coefficient (Wildman–Crippen LogP) is 6.74. The van der Waals surface area contributed by atoms with E-state index in [2.05, 4.69) is 43.0 Å². The second kappa shape index (κ2) is 9.75. The second-order valence-electron chi connectivity index (χ2n) is 8.47. The third-order valence-electron chi connectivity index (χ3n) is 5.99. The number of esters is 1. The molecule has 2 unspecified atom stereocenters. The van der Waals surface area contributed by atoms with Crippen LogP contribution in [-0.4, -0.2) is 19.1 Å². The van der Waals surface area contributed by atoms with Gasteiger partial charge in [-0.25, -0.2) is 0 Å². The van der Waals surface area contributed by atoms with Gasteiger partial charge < -0.3 is 9.64 Å². The Morgan fingerprint density at radius 1 is 1.10 bits per heavy atom. The Morgan fingerprint density at radius 2 is 1.74 bits per heavy atom. The zero-order valence-electron chi connectivity index (χ0n) is 18.3. The van der Waals surface area contributed by atoms with Crippen LogP contribution in [0, 0.1) is 5.92 Å². The van der Waals surface area contributed by atoms with E-state index in [4.69, 9.17) is 4.74 Å². The molecule has 1 saturated heterocycles. The van der Waals surface area contributed by atoms with Gasteiger partial charge in [0.15, 0.2) is 0 Å². The molecule has 0 radical (unpaired) electrons. The number of rotatable bonds is 6. The molecule has 0 aromatic heterocycles. The Labute approximate surface area is 182 Å². The Morgan fingerprint density at radius 3 is 2.29 bits per heavy atom. The molecule has 3 nitrogen and oxygen atoms in total. The SMILES string of the molecule is CCOC(=O)CC1CCN(c2ccc(C(C)C)cc2)C(c2ccc(C(F)(F)F)cc2)C1. The maximum Gasteiger partial charge on any atom is 0.416 e. The smallest absolute Gasteiger partial charge is 0.416 e. The van der Waals surface area contributed by atoms with Crippen molar-refractivity contribution < 1.29 is 22.7 Å². The first-order valence-corrected chi connectivity index (χ1v) is 10.9. The number of hydrogen-bond donors (Lipinski definition) is 0. The first-order chi connectivity index (χ1) is 14.7. The van der Waals surface area contributed by atoms with Crippen LogP contribution in [0.4, 0.5) is 18.9 Å². The molecule has 31 heavy (non-hydrogen) atoms. The number of halogens is 3. The van der Waals surface area contributed by atoms with Crippen LogP contribution in [0.25, 0.3) is 0 Å². The molecule has 0 spiro atoms. The van der Waals surface area contributed by atoms with Crippen LogP contribution in [0.1, 0.15) is 68.7 Å². The average molecular weight is 434 g/mol. The molecule has 168 valence electrons. The molecule has 1 aliphatic heterocycles. The highest BCUT2D eigenvalue weighted by Gasteiger charge is 2.33. The molecular weight excluding hydrogens is 403 g/mol. The zero-order valence-corrected chi connectivity index (χ0v) is 18.3. The van der Waals surface area contributed by atoms with Gasteiger partial charge >= 0.3 is 12.1 Å². The Bertz CT molecular complexity index is 860. The minimum atomic E-state index is -4.36. The van der Waals surface area contributed by atoms with Gasteiger partial charge in [0.1, 0.15) is 0 Å². The summed E-state index contributed by atoms with van der Waals surface area (Å²) in [5, 5.41) is 0. The number of benzene rings is 2. The first kappa shape index (κ1) is 23.2. The predicted molar refractivity (Wildman–Crippen MR) is 116 cm³/mol. The molecule has 1 heterocycles. The summed E-state index contributed by atoms with van der Waals surface area (Å²) in [4.78, 5) is 14.2. The molecule has 2 aromatic rings. The molecule has 0 aliphatic carbocycles. The standard InChI is InChI=1S/C25H30F3NO2/c1-4-31-24(30)16-18-13-14-29(22-11-7-19(8-12-22)17(2)3)23(15-18)20-5-9-21(10-6-20)25(26,27)28/h5-12,17-18,23H,4,13-16H2,1-3H3. The third-order valence-corrected chi connectivity index (χ3v) is 5.99. The summed E-state index contributed by atoms with van der Waals surface area (Å²) in [6.07, 6.45) is -2.49. The number of hydrogen-bond acceptors (Lipinski definition) is 3. The third kappa shape index (κ3) is 5.81. The van der Waals surface area contributed by atoms with Crippen LogP contribution in [0.5, 0.6) is 0 Å². The van der Waals surface area contributed by atoms with Gasteiger partial charge in [0.2, 0.25) is 0 Å². The van der Waals surface area contributed by atoms with Crippen LogP contribution < -0.4 is 4.90 Å². The van der Waals surface area contributed by atoms with Crippen LogP contribution >= 0.6 is 0 Å². The van der Waals surface area contributed by atoms with Gasteiger partial charge in [-0.15, -0.1) is 0 Å². The molecule has 0 saturated carbocycles. The lowest BCUT2D eigenvalue weighted by Gasteiger charge is -2.41. The van der Waals surface area contributed by atoms with E-state index in [0.717, 1.165) is 36.3 Å². The fourth-order valence-corrected chi connectivity index (χ4v) is 4.25. The number of ether oxygens (including phenoxy) is 1. The van der Waals surface area contributed by atoms with Gasteiger partial charge in [-0.05, 0) is 67.0 Å². The molecule has 6 heteroatoms. The number of piperidine rings is 1. The highest BCUT2D eigenvalue weighted by Crippen LogP contribution is 2.40. The van der Waals surface area contributed by atoms with Crippen LogP contribution in [0.15, 0.2) is 48.5 Å². The Balaban J connectivity index is 1.87. The van der Waals surface area contributed by atoms with Crippen molar-refractivity contribution in [2.75, 3.05) is 18.1 Å². The van der Waals surface area contributed by atoms with Gasteiger partial charge in [-0.1, -0.05) is 38.1 Å². The molecule has 3 rings (SSSR count). The van der Waals surface area contributed by atoms with Gasteiger partial charge in [-0.3, -0.25) is 4.79 Å². The lowest BCUT2D eigenvalue weighted by Crippen LogP contribution is -2.37. The summed E-state index contributed by atoms with van der Waals surface area (Å²) < 4.78 is 44.2. The maximum absolute atomic E-state index is 13.0. The van der Waals surface area contributed by atoms with E-state index in [1.54, 1.807) is 19.1 Å². The summed E-state index contributed by atoms with van der Waals surface area (Å²) in [6.45, 7) is 7.15. The highest BCUT2D eigenvalue weighted by molar-refractivity contribution is 5.69. The average Bonchev–Trinajstić information content (AvgIpc) is 2.73. The summed E-state index contributed by atoms with van der Waals surface area (Å²) in [5.74, 6) is 0.348. The van der Waals surface area contributed by atoms with Gasteiger partial charge in [0.05, 0.1) is 18.2 Å². The molecule has 1 fully saturated rings. The van der Waals surface area contributed by atoms with Crippen molar-refractivity contribution in [1.29, 1.82) is 0 Å². The number of anilines is 1. The van der Waals surface area contributed by atoms with E-state index in [9.17, 15) is 18.0 Å². The van der Waals surface area contributed by atoms with E-state index in [1.807, 2.05) is 0 Å². The number of carbonyl (C=O) groups excluding carboxylic acids is 1. The first-order valence-electron chi connectivity index (χ1n) is 10.9. The lowest BCUT2D eigenvalue weighted by molar-refractivity contribution is -0.144. The summed E-state index contributed by atoms with van der Waals surface area (Å²) in [7, 11) is 0. The maximum atomic E-state index is 13.0. The van der Waals surface area contributed by atoms with Crippen molar-refractivity contribution in [3.63, 3.8) is 0 Å². The topological polar surface area (TPSA) is 29.5 Å². The fourth-order valence-electron chi connectivity index (χ4n) is 4.25. The zero-order chi connectivity index (χ0) is 22.6. The molecule has 1 aliphatic rings. The van der Waals surface area contributed by atoms with Crippen molar-refractivity contribution in [3.8, 4) is 0 Å². The largest absolute Gasteiger partial charge is 0.466 e. The number of alkyl halides is 3. The van der Waals surface area contributed by atoms with Crippen molar-refractivity contribution >= 4 is 11.7 Å². The van der Waals surface area contributed by atoms with Crippen LogP contribution in [0.2, 0.25) is 0 Å². The minimum absolute atomic E-state index is 0.0969. The summed E-state index contributed by atoms with van der Waals surface area (Å²) in [5.41, 5.74) is 2.47. The minimum Gasteiger partial charge on any atom is -0.466 e. The van der Waals surface area contributed by atoms with E-state index < -0.39 is 11.7 Å².